The Kier molecular flexibility index (Phi) is 4.48. The quantitative estimate of drug-likeness (QED) is 0.826. The van der Waals surface area contributed by atoms with Crippen molar-refractivity contribution in [1.29, 1.82) is 0 Å². The van der Waals surface area contributed by atoms with Crippen molar-refractivity contribution in [2.24, 2.45) is 5.92 Å². The van der Waals surface area contributed by atoms with E-state index in [4.69, 9.17) is 0 Å². The molecule has 2 aliphatic rings. The lowest BCUT2D eigenvalue weighted by Gasteiger charge is -2.36. The Morgan fingerprint density at radius 3 is 2.71 bits per heavy atom. The molecule has 2 heterocycles. The van der Waals surface area contributed by atoms with Crippen LogP contribution >= 0.6 is 0 Å². The van der Waals surface area contributed by atoms with Gasteiger partial charge in [-0.2, -0.15) is 0 Å². The fourth-order valence-corrected chi connectivity index (χ4v) is 3.45. The van der Waals surface area contributed by atoms with E-state index in [2.05, 4.69) is 54.0 Å². The molecule has 0 aromatic carbocycles. The van der Waals surface area contributed by atoms with Gasteiger partial charge in [-0.3, -0.25) is 4.98 Å². The zero-order valence-electron chi connectivity index (χ0n) is 13.8. The van der Waals surface area contributed by atoms with Crippen molar-refractivity contribution in [1.82, 2.24) is 9.88 Å². The van der Waals surface area contributed by atoms with Crippen molar-refractivity contribution < 1.29 is 0 Å². The Hall–Kier alpha value is -1.09. The van der Waals surface area contributed by atoms with Crippen LogP contribution in [-0.4, -0.2) is 42.6 Å². The van der Waals surface area contributed by atoms with E-state index >= 15 is 0 Å². The standard InChI is InChI=1S/C18H29N3/c1-14(2)18-9-8-17(11-19-18)21-10-4-5-15(13-21)12-20(3)16-6-7-16/h8-9,11,14-16H,4-7,10,12-13H2,1-3H3. The van der Waals surface area contributed by atoms with Crippen LogP contribution in [0.2, 0.25) is 0 Å². The second-order valence-electron chi connectivity index (χ2n) is 7.22. The van der Waals surface area contributed by atoms with Gasteiger partial charge in [-0.05, 0) is 56.7 Å². The minimum absolute atomic E-state index is 0.514. The van der Waals surface area contributed by atoms with Crippen molar-refractivity contribution in [3.8, 4) is 0 Å². The van der Waals surface area contributed by atoms with Crippen molar-refractivity contribution in [3.63, 3.8) is 0 Å². The SMILES string of the molecule is CC(C)c1ccc(N2CCCC(CN(C)C3CC3)C2)cn1. The number of hydrogen-bond acceptors (Lipinski definition) is 3. The third kappa shape index (κ3) is 3.76. The highest BCUT2D eigenvalue weighted by atomic mass is 15.2. The molecule has 1 aromatic rings. The van der Waals surface area contributed by atoms with Crippen molar-refractivity contribution in [2.45, 2.75) is 51.5 Å². The van der Waals surface area contributed by atoms with Crippen LogP contribution in [0.5, 0.6) is 0 Å². The van der Waals surface area contributed by atoms with Crippen molar-refractivity contribution in [3.05, 3.63) is 24.0 Å². The Morgan fingerprint density at radius 1 is 1.29 bits per heavy atom. The summed E-state index contributed by atoms with van der Waals surface area (Å²) >= 11 is 0. The molecule has 0 amide bonds. The Morgan fingerprint density at radius 2 is 2.10 bits per heavy atom. The predicted molar refractivity (Wildman–Crippen MR) is 88.9 cm³/mol. The molecule has 1 atom stereocenters. The lowest BCUT2D eigenvalue weighted by Crippen LogP contribution is -2.40. The summed E-state index contributed by atoms with van der Waals surface area (Å²) in [5, 5.41) is 0. The van der Waals surface area contributed by atoms with Gasteiger partial charge in [-0.25, -0.2) is 0 Å². The topological polar surface area (TPSA) is 19.4 Å². The second-order valence-corrected chi connectivity index (χ2v) is 7.22. The molecular weight excluding hydrogens is 258 g/mol. The Labute approximate surface area is 129 Å². The smallest absolute Gasteiger partial charge is 0.0553 e. The molecule has 1 unspecified atom stereocenters. The van der Waals surface area contributed by atoms with Crippen LogP contribution < -0.4 is 4.90 Å². The molecule has 0 spiro atoms. The number of hydrogen-bond donors (Lipinski definition) is 0. The lowest BCUT2D eigenvalue weighted by atomic mass is 9.97. The predicted octanol–water partition coefficient (Wildman–Crippen LogP) is 3.52. The van der Waals surface area contributed by atoms with Crippen LogP contribution in [0.1, 0.15) is 51.1 Å². The van der Waals surface area contributed by atoms with E-state index in [-0.39, 0.29) is 0 Å². The van der Waals surface area contributed by atoms with Gasteiger partial charge in [0.2, 0.25) is 0 Å². The van der Waals surface area contributed by atoms with Gasteiger partial charge in [0.05, 0.1) is 11.9 Å². The van der Waals surface area contributed by atoms with Gasteiger partial charge in [0.1, 0.15) is 0 Å². The van der Waals surface area contributed by atoms with Crippen molar-refractivity contribution in [2.75, 3.05) is 31.6 Å². The van der Waals surface area contributed by atoms with Gasteiger partial charge in [-0.15, -0.1) is 0 Å². The maximum Gasteiger partial charge on any atom is 0.0553 e. The molecule has 1 saturated carbocycles. The fraction of sp³-hybridized carbons (Fsp3) is 0.722. The largest absolute Gasteiger partial charge is 0.370 e. The van der Waals surface area contributed by atoms with E-state index in [0.717, 1.165) is 12.0 Å². The summed E-state index contributed by atoms with van der Waals surface area (Å²) in [5.74, 6) is 1.33. The van der Waals surface area contributed by atoms with E-state index in [9.17, 15) is 0 Å². The van der Waals surface area contributed by atoms with Crippen LogP contribution in [0.4, 0.5) is 5.69 Å². The van der Waals surface area contributed by atoms with Crippen LogP contribution in [0.15, 0.2) is 18.3 Å². The van der Waals surface area contributed by atoms with Crippen LogP contribution in [-0.2, 0) is 0 Å². The van der Waals surface area contributed by atoms with Gasteiger partial charge in [0.25, 0.3) is 0 Å². The summed E-state index contributed by atoms with van der Waals surface area (Å²) in [5.41, 5.74) is 2.50. The van der Waals surface area contributed by atoms with Gasteiger partial charge < -0.3 is 9.80 Å². The van der Waals surface area contributed by atoms with Crippen molar-refractivity contribution >= 4 is 5.69 Å². The Balaban J connectivity index is 1.59. The molecule has 1 aliphatic heterocycles. The molecule has 3 nitrogen and oxygen atoms in total. The van der Waals surface area contributed by atoms with Crippen LogP contribution in [0.3, 0.4) is 0 Å². The van der Waals surface area contributed by atoms with E-state index in [1.165, 1.54) is 56.7 Å². The van der Waals surface area contributed by atoms with Gasteiger partial charge in [0, 0.05) is 31.4 Å². The molecule has 21 heavy (non-hydrogen) atoms. The number of piperidine rings is 1. The van der Waals surface area contributed by atoms with E-state index in [0.29, 0.717) is 5.92 Å². The molecular formula is C18H29N3. The first-order chi connectivity index (χ1) is 10.1. The monoisotopic (exact) mass is 287 g/mol. The molecule has 0 N–H and O–H groups in total. The summed E-state index contributed by atoms with van der Waals surface area (Å²) in [7, 11) is 2.30. The van der Waals surface area contributed by atoms with Crippen LogP contribution in [0.25, 0.3) is 0 Å². The van der Waals surface area contributed by atoms with Gasteiger partial charge in [-0.1, -0.05) is 13.8 Å². The van der Waals surface area contributed by atoms with E-state index in [1.54, 1.807) is 0 Å². The fourth-order valence-electron chi connectivity index (χ4n) is 3.45. The first kappa shape index (κ1) is 14.8. The molecule has 1 aliphatic carbocycles. The highest BCUT2D eigenvalue weighted by Crippen LogP contribution is 2.29. The zero-order chi connectivity index (χ0) is 14.8. The average Bonchev–Trinajstić information content (AvgIpc) is 3.32. The number of pyridine rings is 1. The van der Waals surface area contributed by atoms with E-state index in [1.807, 2.05) is 0 Å². The summed E-state index contributed by atoms with van der Waals surface area (Å²) in [6.45, 7) is 8.05. The second kappa shape index (κ2) is 6.35. The zero-order valence-corrected chi connectivity index (χ0v) is 13.8. The molecule has 3 rings (SSSR count). The van der Waals surface area contributed by atoms with Crippen LogP contribution in [0, 0.1) is 5.92 Å². The third-order valence-electron chi connectivity index (χ3n) is 4.96. The maximum atomic E-state index is 4.63. The summed E-state index contributed by atoms with van der Waals surface area (Å²) in [6.07, 6.45) is 7.59. The summed E-state index contributed by atoms with van der Waals surface area (Å²) in [4.78, 5) is 9.74. The number of rotatable bonds is 5. The first-order valence-electron chi connectivity index (χ1n) is 8.54. The summed E-state index contributed by atoms with van der Waals surface area (Å²) < 4.78 is 0. The normalized spacial score (nSPS) is 23.1. The highest BCUT2D eigenvalue weighted by Gasteiger charge is 2.29. The minimum atomic E-state index is 0.514. The third-order valence-corrected chi connectivity index (χ3v) is 4.96. The minimum Gasteiger partial charge on any atom is -0.370 e. The van der Waals surface area contributed by atoms with Gasteiger partial charge in [0.15, 0.2) is 0 Å². The molecule has 0 bridgehead atoms. The number of anilines is 1. The maximum absolute atomic E-state index is 4.63. The van der Waals surface area contributed by atoms with E-state index < -0.39 is 0 Å². The summed E-state index contributed by atoms with van der Waals surface area (Å²) in [6, 6.07) is 5.34. The average molecular weight is 287 g/mol. The Bertz CT molecular complexity index is 450. The first-order valence-corrected chi connectivity index (χ1v) is 8.54. The molecule has 116 valence electrons. The lowest BCUT2D eigenvalue weighted by molar-refractivity contribution is 0.247. The molecule has 1 saturated heterocycles. The molecule has 3 heteroatoms. The molecule has 2 fully saturated rings. The highest BCUT2D eigenvalue weighted by molar-refractivity contribution is 5.45. The molecule has 1 aromatic heterocycles. The number of nitrogens with zero attached hydrogens (tertiary/aromatic N) is 3. The van der Waals surface area contributed by atoms with Gasteiger partial charge >= 0.3 is 0 Å². The number of aromatic nitrogens is 1. The molecule has 0 radical (unpaired) electrons.